The van der Waals surface area contributed by atoms with Gasteiger partial charge in [-0.05, 0) is 65.7 Å². The fourth-order valence-electron chi connectivity index (χ4n) is 2.38. The second-order valence-corrected chi connectivity index (χ2v) is 5.94. The number of rotatable bonds is 3. The van der Waals surface area contributed by atoms with Gasteiger partial charge in [-0.3, -0.25) is 0 Å². The first kappa shape index (κ1) is 15.6. The quantitative estimate of drug-likeness (QED) is 0.873. The SMILES string of the molecule is OCC1CCC(Oc2ccc(C(F)(F)F)cc2Br)CC1. The summed E-state index contributed by atoms with van der Waals surface area (Å²) < 4.78 is 43.7. The van der Waals surface area contributed by atoms with E-state index in [1.54, 1.807) is 0 Å². The summed E-state index contributed by atoms with van der Waals surface area (Å²) in [6, 6.07) is 3.42. The lowest BCUT2D eigenvalue weighted by atomic mass is 9.88. The Bertz CT molecular complexity index is 454. The summed E-state index contributed by atoms with van der Waals surface area (Å²) in [6.45, 7) is 0.191. The topological polar surface area (TPSA) is 29.5 Å². The molecule has 1 fully saturated rings. The van der Waals surface area contributed by atoms with Crippen molar-refractivity contribution >= 4 is 15.9 Å². The molecule has 1 aromatic carbocycles. The van der Waals surface area contributed by atoms with Crippen molar-refractivity contribution in [3.63, 3.8) is 0 Å². The predicted molar refractivity (Wildman–Crippen MR) is 72.6 cm³/mol. The van der Waals surface area contributed by atoms with Gasteiger partial charge in [-0.25, -0.2) is 0 Å². The van der Waals surface area contributed by atoms with Crippen molar-refractivity contribution in [1.29, 1.82) is 0 Å². The zero-order chi connectivity index (χ0) is 14.8. The van der Waals surface area contributed by atoms with Gasteiger partial charge < -0.3 is 9.84 Å². The fraction of sp³-hybridized carbons (Fsp3) is 0.571. The number of alkyl halides is 3. The summed E-state index contributed by atoms with van der Waals surface area (Å²) in [5.74, 6) is 0.761. The number of hydrogen-bond donors (Lipinski definition) is 1. The summed E-state index contributed by atoms with van der Waals surface area (Å²) in [7, 11) is 0. The van der Waals surface area contributed by atoms with Crippen LogP contribution in [0.1, 0.15) is 31.2 Å². The normalized spacial score (nSPS) is 23.6. The van der Waals surface area contributed by atoms with Gasteiger partial charge in [0.2, 0.25) is 0 Å². The number of hydrogen-bond acceptors (Lipinski definition) is 2. The molecule has 1 aliphatic carbocycles. The minimum Gasteiger partial charge on any atom is -0.489 e. The van der Waals surface area contributed by atoms with Gasteiger partial charge in [0.05, 0.1) is 16.1 Å². The zero-order valence-electron chi connectivity index (χ0n) is 10.8. The maximum absolute atomic E-state index is 12.6. The Kier molecular flexibility index (Phi) is 4.96. The maximum Gasteiger partial charge on any atom is 0.416 e. The highest BCUT2D eigenvalue weighted by Crippen LogP contribution is 2.36. The Morgan fingerprint density at radius 2 is 1.85 bits per heavy atom. The minimum atomic E-state index is -4.35. The first-order chi connectivity index (χ1) is 9.40. The summed E-state index contributed by atoms with van der Waals surface area (Å²) in [4.78, 5) is 0. The molecule has 1 aromatic rings. The van der Waals surface area contributed by atoms with Crippen molar-refractivity contribution < 1.29 is 23.0 Å². The molecule has 0 amide bonds. The molecular formula is C14H16BrF3O2. The molecule has 0 atom stereocenters. The smallest absolute Gasteiger partial charge is 0.416 e. The average molecular weight is 353 g/mol. The van der Waals surface area contributed by atoms with E-state index in [2.05, 4.69) is 15.9 Å². The van der Waals surface area contributed by atoms with Gasteiger partial charge in [-0.2, -0.15) is 13.2 Å². The first-order valence-corrected chi connectivity index (χ1v) is 7.33. The van der Waals surface area contributed by atoms with Crippen LogP contribution in [0.5, 0.6) is 5.75 Å². The van der Waals surface area contributed by atoms with Crippen molar-refractivity contribution in [2.75, 3.05) is 6.61 Å². The molecule has 1 saturated carbocycles. The standard InChI is InChI=1S/C14H16BrF3O2/c15-12-7-10(14(16,17)18)3-6-13(12)20-11-4-1-9(8-19)2-5-11/h3,6-7,9,11,19H,1-2,4-5,8H2. The molecule has 2 rings (SSSR count). The lowest BCUT2D eigenvalue weighted by molar-refractivity contribution is -0.137. The third-order valence-electron chi connectivity index (χ3n) is 3.60. The number of ether oxygens (including phenoxy) is 1. The molecule has 6 heteroatoms. The first-order valence-electron chi connectivity index (χ1n) is 6.54. The molecule has 0 bridgehead atoms. The third kappa shape index (κ3) is 3.88. The van der Waals surface area contributed by atoms with Gasteiger partial charge >= 0.3 is 6.18 Å². The summed E-state index contributed by atoms with van der Waals surface area (Å²) in [5, 5.41) is 9.06. The second kappa shape index (κ2) is 6.35. The number of benzene rings is 1. The van der Waals surface area contributed by atoms with Gasteiger partial charge in [0.15, 0.2) is 0 Å². The van der Waals surface area contributed by atoms with Crippen LogP contribution in [0.4, 0.5) is 13.2 Å². The van der Waals surface area contributed by atoms with E-state index in [9.17, 15) is 13.2 Å². The van der Waals surface area contributed by atoms with Gasteiger partial charge in [-0.15, -0.1) is 0 Å². The predicted octanol–water partition coefficient (Wildman–Crippen LogP) is 4.40. The van der Waals surface area contributed by atoms with Crippen molar-refractivity contribution in [2.45, 2.75) is 38.0 Å². The molecule has 1 N–H and O–H groups in total. The van der Waals surface area contributed by atoms with Crippen LogP contribution in [0.15, 0.2) is 22.7 Å². The lowest BCUT2D eigenvalue weighted by Crippen LogP contribution is -2.25. The molecule has 0 spiro atoms. The maximum atomic E-state index is 12.6. The summed E-state index contributed by atoms with van der Waals surface area (Å²) >= 11 is 3.13. The Balaban J connectivity index is 2.00. The van der Waals surface area contributed by atoms with Crippen LogP contribution < -0.4 is 4.74 Å². The molecule has 1 aliphatic rings. The van der Waals surface area contributed by atoms with E-state index in [0.717, 1.165) is 37.8 Å². The lowest BCUT2D eigenvalue weighted by Gasteiger charge is -2.28. The molecule has 2 nitrogen and oxygen atoms in total. The highest BCUT2D eigenvalue weighted by atomic mass is 79.9. The van der Waals surface area contributed by atoms with E-state index in [0.29, 0.717) is 16.1 Å². The molecule has 0 aliphatic heterocycles. The molecule has 112 valence electrons. The zero-order valence-corrected chi connectivity index (χ0v) is 12.4. The van der Waals surface area contributed by atoms with Gasteiger partial charge in [0.1, 0.15) is 5.75 Å². The van der Waals surface area contributed by atoms with Crippen molar-refractivity contribution in [1.82, 2.24) is 0 Å². The van der Waals surface area contributed by atoms with Crippen LogP contribution in [-0.2, 0) is 6.18 Å². The van der Waals surface area contributed by atoms with Crippen molar-refractivity contribution in [3.8, 4) is 5.75 Å². The van der Waals surface area contributed by atoms with Crippen molar-refractivity contribution in [2.24, 2.45) is 5.92 Å². The molecular weight excluding hydrogens is 337 g/mol. The second-order valence-electron chi connectivity index (χ2n) is 5.09. The number of aliphatic hydroxyl groups excluding tert-OH is 1. The summed E-state index contributed by atoms with van der Waals surface area (Å²) in [6.07, 6.45) is -0.929. The largest absolute Gasteiger partial charge is 0.489 e. The summed E-state index contributed by atoms with van der Waals surface area (Å²) in [5.41, 5.74) is -0.694. The van der Waals surface area contributed by atoms with E-state index < -0.39 is 11.7 Å². The average Bonchev–Trinajstić information content (AvgIpc) is 2.41. The van der Waals surface area contributed by atoms with E-state index in [1.807, 2.05) is 0 Å². The fourth-order valence-corrected chi connectivity index (χ4v) is 2.86. The molecule has 0 unspecified atom stereocenters. The molecule has 20 heavy (non-hydrogen) atoms. The van der Waals surface area contributed by atoms with Crippen LogP contribution in [0.25, 0.3) is 0 Å². The van der Waals surface area contributed by atoms with Crippen LogP contribution in [0.3, 0.4) is 0 Å². The third-order valence-corrected chi connectivity index (χ3v) is 4.22. The Hall–Kier alpha value is -0.750. The Morgan fingerprint density at radius 3 is 2.35 bits per heavy atom. The van der Waals surface area contributed by atoms with Crippen LogP contribution in [-0.4, -0.2) is 17.8 Å². The van der Waals surface area contributed by atoms with E-state index in [-0.39, 0.29) is 12.7 Å². The highest BCUT2D eigenvalue weighted by molar-refractivity contribution is 9.10. The minimum absolute atomic E-state index is 0.00540. The van der Waals surface area contributed by atoms with Gasteiger partial charge in [0.25, 0.3) is 0 Å². The molecule has 0 radical (unpaired) electrons. The van der Waals surface area contributed by atoms with E-state index >= 15 is 0 Å². The highest BCUT2D eigenvalue weighted by Gasteiger charge is 2.31. The number of halogens is 4. The van der Waals surface area contributed by atoms with Gasteiger partial charge in [0, 0.05) is 6.61 Å². The number of aliphatic hydroxyl groups is 1. The van der Waals surface area contributed by atoms with Crippen LogP contribution in [0.2, 0.25) is 0 Å². The molecule has 0 aromatic heterocycles. The molecule has 0 heterocycles. The monoisotopic (exact) mass is 352 g/mol. The van der Waals surface area contributed by atoms with Crippen LogP contribution in [0, 0.1) is 5.92 Å². The Morgan fingerprint density at radius 1 is 1.20 bits per heavy atom. The van der Waals surface area contributed by atoms with E-state index in [1.165, 1.54) is 6.07 Å². The molecule has 0 saturated heterocycles. The van der Waals surface area contributed by atoms with Crippen LogP contribution >= 0.6 is 15.9 Å². The van der Waals surface area contributed by atoms with Gasteiger partial charge in [-0.1, -0.05) is 0 Å². The van der Waals surface area contributed by atoms with E-state index in [4.69, 9.17) is 9.84 Å². The van der Waals surface area contributed by atoms with Crippen molar-refractivity contribution in [3.05, 3.63) is 28.2 Å². The Labute approximate surface area is 124 Å².